The fraction of sp³-hybridized carbons (Fsp3) is 0.600. The molecule has 10 heteroatoms. The van der Waals surface area contributed by atoms with Crippen molar-refractivity contribution in [1.82, 2.24) is 30.3 Å². The van der Waals surface area contributed by atoms with Gasteiger partial charge in [0.15, 0.2) is 5.82 Å². The van der Waals surface area contributed by atoms with E-state index in [9.17, 15) is 9.59 Å². The molecule has 0 spiro atoms. The first-order chi connectivity index (χ1) is 16.9. The number of nitrogens with zero attached hydrogens (tertiary/aromatic N) is 5. The summed E-state index contributed by atoms with van der Waals surface area (Å²) >= 11 is 0. The van der Waals surface area contributed by atoms with E-state index in [2.05, 4.69) is 47.3 Å². The van der Waals surface area contributed by atoms with Crippen LogP contribution in [0.1, 0.15) is 50.0 Å². The smallest absolute Gasteiger partial charge is 0.227 e. The zero-order chi connectivity index (χ0) is 24.8. The van der Waals surface area contributed by atoms with Gasteiger partial charge in [-0.3, -0.25) is 14.2 Å². The molecule has 35 heavy (non-hydrogen) atoms. The maximum atomic E-state index is 11.9. The highest BCUT2D eigenvalue weighted by atomic mass is 16.5. The Morgan fingerprint density at radius 3 is 2.54 bits per heavy atom. The molecule has 0 radical (unpaired) electrons. The van der Waals surface area contributed by atoms with Gasteiger partial charge >= 0.3 is 0 Å². The maximum absolute atomic E-state index is 11.9. The van der Waals surface area contributed by atoms with Crippen LogP contribution < -0.4 is 20.3 Å². The van der Waals surface area contributed by atoms with E-state index in [1.54, 1.807) is 6.92 Å². The monoisotopic (exact) mass is 483 g/mol. The molecule has 1 atom stereocenters. The molecule has 3 heterocycles. The lowest BCUT2D eigenvalue weighted by Crippen LogP contribution is -2.45. The Morgan fingerprint density at radius 2 is 1.91 bits per heavy atom. The van der Waals surface area contributed by atoms with Gasteiger partial charge in [-0.15, -0.1) is 10.2 Å². The molecular weight excluding hydrogens is 446 g/mol. The number of carbonyl (C=O) groups excluding carboxylic acids is 2. The highest BCUT2D eigenvalue weighted by molar-refractivity contribution is 5.78. The van der Waals surface area contributed by atoms with Crippen LogP contribution in [0.3, 0.4) is 0 Å². The molecule has 10 nitrogen and oxygen atoms in total. The lowest BCUT2D eigenvalue weighted by Gasteiger charge is -2.33. The topological polar surface area (TPSA) is 105 Å². The number of ether oxygens (including phenoxy) is 1. The minimum atomic E-state index is -0.104. The van der Waals surface area contributed by atoms with E-state index < -0.39 is 0 Å². The fourth-order valence-corrected chi connectivity index (χ4v) is 4.67. The molecule has 2 aliphatic heterocycles. The Labute approximate surface area is 207 Å². The first-order valence-electron chi connectivity index (χ1n) is 12.5. The molecule has 0 saturated carbocycles. The number of nitrogens with one attached hydrogen (secondary N) is 2. The summed E-state index contributed by atoms with van der Waals surface area (Å²) in [5, 5.41) is 15.1. The van der Waals surface area contributed by atoms with Crippen molar-refractivity contribution in [2.45, 2.75) is 57.7 Å². The molecule has 4 rings (SSSR count). The van der Waals surface area contributed by atoms with Crippen LogP contribution in [0.2, 0.25) is 0 Å². The number of rotatable bonds is 10. The molecule has 190 valence electrons. The van der Waals surface area contributed by atoms with Gasteiger partial charge in [-0.1, -0.05) is 12.1 Å². The second-order valence-corrected chi connectivity index (χ2v) is 9.68. The Kier molecular flexibility index (Phi) is 8.22. The van der Waals surface area contributed by atoms with Gasteiger partial charge in [0.1, 0.15) is 12.4 Å². The van der Waals surface area contributed by atoms with Crippen LogP contribution in [0.5, 0.6) is 5.75 Å². The molecule has 1 unspecified atom stereocenters. The third-order valence-electron chi connectivity index (χ3n) is 6.61. The summed E-state index contributed by atoms with van der Waals surface area (Å²) in [5.74, 6) is 2.61. The van der Waals surface area contributed by atoms with Gasteiger partial charge in [-0.05, 0) is 57.5 Å². The summed E-state index contributed by atoms with van der Waals surface area (Å²) in [6.45, 7) is 5.43. The molecule has 2 N–H and O–H groups in total. The van der Waals surface area contributed by atoms with Gasteiger partial charge in [0, 0.05) is 45.6 Å². The standard InChI is InChI=1S/C25H37N7O3/c1-18(33)26-20-11-13-31(14-12-20)25-29-28-24(22-8-9-23(34)27-22)32(25)15-10-19-4-6-21(7-5-19)35-17-16-30(2)3/h4-7,20,22H,8-17H2,1-3H3,(H,26,33)(H,27,34). The quantitative estimate of drug-likeness (QED) is 0.528. The molecule has 2 saturated heterocycles. The van der Waals surface area contributed by atoms with Crippen molar-refractivity contribution in [1.29, 1.82) is 0 Å². The van der Waals surface area contributed by atoms with Crippen molar-refractivity contribution in [2.24, 2.45) is 0 Å². The predicted octanol–water partition coefficient (Wildman–Crippen LogP) is 1.52. The largest absolute Gasteiger partial charge is 0.492 e. The lowest BCUT2D eigenvalue weighted by atomic mass is 10.1. The summed E-state index contributed by atoms with van der Waals surface area (Å²) in [4.78, 5) is 27.6. The fourth-order valence-electron chi connectivity index (χ4n) is 4.67. The number of likely N-dealkylation sites (N-methyl/N-ethyl adjacent to an activating group) is 1. The van der Waals surface area contributed by atoms with Gasteiger partial charge in [0.2, 0.25) is 17.8 Å². The molecule has 0 bridgehead atoms. The zero-order valence-electron chi connectivity index (χ0n) is 21.0. The first-order valence-corrected chi connectivity index (χ1v) is 12.5. The molecular formula is C25H37N7O3. The SMILES string of the molecule is CC(=O)NC1CCN(c2nnc(C3CCC(=O)N3)n2CCc2ccc(OCCN(C)C)cc2)CC1. The van der Waals surface area contributed by atoms with Gasteiger partial charge < -0.3 is 25.2 Å². The van der Waals surface area contributed by atoms with Crippen molar-refractivity contribution < 1.29 is 14.3 Å². The normalized spacial score (nSPS) is 18.7. The number of amides is 2. The second-order valence-electron chi connectivity index (χ2n) is 9.68. The highest BCUT2D eigenvalue weighted by Gasteiger charge is 2.30. The van der Waals surface area contributed by atoms with Gasteiger partial charge in [0.25, 0.3) is 0 Å². The molecule has 1 aromatic heterocycles. The number of carbonyl (C=O) groups is 2. The van der Waals surface area contributed by atoms with Crippen molar-refractivity contribution in [2.75, 3.05) is 45.2 Å². The summed E-state index contributed by atoms with van der Waals surface area (Å²) in [6, 6.07) is 8.34. The molecule has 2 aromatic rings. The predicted molar refractivity (Wildman–Crippen MR) is 133 cm³/mol. The van der Waals surface area contributed by atoms with E-state index in [0.717, 1.165) is 69.4 Å². The van der Waals surface area contributed by atoms with Crippen LogP contribution >= 0.6 is 0 Å². The molecule has 2 fully saturated rings. The highest BCUT2D eigenvalue weighted by Crippen LogP contribution is 2.27. The summed E-state index contributed by atoms with van der Waals surface area (Å²) in [6.07, 6.45) is 3.82. The van der Waals surface area contributed by atoms with E-state index in [4.69, 9.17) is 4.74 Å². The number of hydrogen-bond acceptors (Lipinski definition) is 7. The van der Waals surface area contributed by atoms with E-state index in [1.165, 1.54) is 5.56 Å². The van der Waals surface area contributed by atoms with Crippen LogP contribution in [0.25, 0.3) is 0 Å². The van der Waals surface area contributed by atoms with E-state index in [0.29, 0.717) is 13.0 Å². The first kappa shape index (κ1) is 25.0. The Balaban J connectivity index is 1.44. The molecule has 0 aliphatic carbocycles. The van der Waals surface area contributed by atoms with Crippen LogP contribution in [-0.2, 0) is 22.6 Å². The van der Waals surface area contributed by atoms with Crippen molar-refractivity contribution in [3.8, 4) is 5.75 Å². The minimum Gasteiger partial charge on any atom is -0.492 e. The van der Waals surface area contributed by atoms with Gasteiger partial charge in [0.05, 0.1) is 6.04 Å². The van der Waals surface area contributed by atoms with Gasteiger partial charge in [-0.2, -0.15) is 0 Å². The summed E-state index contributed by atoms with van der Waals surface area (Å²) in [5.41, 5.74) is 1.20. The van der Waals surface area contributed by atoms with E-state index >= 15 is 0 Å². The maximum Gasteiger partial charge on any atom is 0.227 e. The Hall–Kier alpha value is -3.14. The number of benzene rings is 1. The van der Waals surface area contributed by atoms with Crippen LogP contribution in [0.4, 0.5) is 5.95 Å². The number of aryl methyl sites for hydroxylation is 1. The average molecular weight is 484 g/mol. The van der Waals surface area contributed by atoms with E-state index in [-0.39, 0.29) is 23.9 Å². The van der Waals surface area contributed by atoms with Crippen molar-refractivity contribution >= 4 is 17.8 Å². The number of piperidine rings is 1. The third-order valence-corrected chi connectivity index (χ3v) is 6.61. The van der Waals surface area contributed by atoms with E-state index in [1.807, 2.05) is 26.2 Å². The summed E-state index contributed by atoms with van der Waals surface area (Å²) in [7, 11) is 4.06. The Morgan fingerprint density at radius 1 is 1.17 bits per heavy atom. The number of hydrogen-bond donors (Lipinski definition) is 2. The molecule has 2 aliphatic rings. The lowest BCUT2D eigenvalue weighted by molar-refractivity contribution is -0.120. The van der Waals surface area contributed by atoms with Gasteiger partial charge in [-0.25, -0.2) is 0 Å². The van der Waals surface area contributed by atoms with Crippen LogP contribution in [0.15, 0.2) is 24.3 Å². The molecule has 1 aromatic carbocycles. The van der Waals surface area contributed by atoms with Crippen LogP contribution in [0, 0.1) is 0 Å². The average Bonchev–Trinajstić information content (AvgIpc) is 3.44. The van der Waals surface area contributed by atoms with Crippen molar-refractivity contribution in [3.05, 3.63) is 35.7 Å². The zero-order valence-corrected chi connectivity index (χ0v) is 21.0. The Bertz CT molecular complexity index is 997. The van der Waals surface area contributed by atoms with Crippen molar-refractivity contribution in [3.63, 3.8) is 0 Å². The third kappa shape index (κ3) is 6.72. The minimum absolute atomic E-state index is 0.0139. The summed E-state index contributed by atoms with van der Waals surface area (Å²) < 4.78 is 7.97. The number of anilines is 1. The number of aromatic nitrogens is 3. The molecule has 2 amide bonds. The van der Waals surface area contributed by atoms with Crippen LogP contribution in [-0.4, -0.2) is 77.9 Å². The second kappa shape index (κ2) is 11.5.